The Kier molecular flexibility index (Phi) is 6.05. The topological polar surface area (TPSA) is 109 Å². The first-order chi connectivity index (χ1) is 15.5. The van der Waals surface area contributed by atoms with E-state index < -0.39 is 37.1 Å². The van der Waals surface area contributed by atoms with Gasteiger partial charge in [-0.25, -0.2) is 0 Å². The Labute approximate surface area is 191 Å². The third-order valence-electron chi connectivity index (χ3n) is 6.48. The molecule has 0 radical (unpaired) electrons. The predicted molar refractivity (Wildman–Crippen MR) is 116 cm³/mol. The second-order valence-electron chi connectivity index (χ2n) is 8.74. The van der Waals surface area contributed by atoms with Gasteiger partial charge in [-0.15, -0.1) is 0 Å². The lowest BCUT2D eigenvalue weighted by Crippen LogP contribution is -2.55. The maximum absolute atomic E-state index is 10.7. The van der Waals surface area contributed by atoms with E-state index in [0.29, 0.717) is 47.6 Å². The number of rotatable bonds is 5. The van der Waals surface area contributed by atoms with Crippen molar-refractivity contribution >= 4 is 11.6 Å². The Morgan fingerprint density at radius 1 is 0.906 bits per heavy atom. The van der Waals surface area contributed by atoms with Gasteiger partial charge in [-0.2, -0.15) is 0 Å². The molecule has 2 aromatic carbocycles. The number of fused-ring (bicyclic) bond motifs is 1. The molecule has 172 valence electrons. The Bertz CT molecular complexity index is 973. The minimum atomic E-state index is -1.49. The SMILES string of the molecule is OC[C@@H]1O[C@H](c2cc(Cc3ccc(C4CC4)cc3)c(Cl)c3c2OCCO3)[C@@H](O)[C@H](O)[C@H]1O. The molecule has 1 aliphatic carbocycles. The van der Waals surface area contributed by atoms with Crippen molar-refractivity contribution in [2.24, 2.45) is 0 Å². The normalized spacial score (nSPS) is 29.7. The quantitative estimate of drug-likeness (QED) is 0.538. The van der Waals surface area contributed by atoms with Gasteiger partial charge in [0, 0.05) is 5.56 Å². The number of ether oxygens (including phenoxy) is 3. The summed E-state index contributed by atoms with van der Waals surface area (Å²) in [6.45, 7) is 0.130. The van der Waals surface area contributed by atoms with E-state index in [2.05, 4.69) is 24.3 Å². The fourth-order valence-corrected chi connectivity index (χ4v) is 4.76. The second-order valence-corrected chi connectivity index (χ2v) is 9.11. The van der Waals surface area contributed by atoms with E-state index in [1.807, 2.05) is 0 Å². The molecule has 0 unspecified atom stereocenters. The van der Waals surface area contributed by atoms with Crippen molar-refractivity contribution in [3.05, 3.63) is 57.6 Å². The Balaban J connectivity index is 1.52. The third kappa shape index (κ3) is 3.98. The Morgan fingerprint density at radius 2 is 1.59 bits per heavy atom. The highest BCUT2D eigenvalue weighted by molar-refractivity contribution is 6.33. The summed E-state index contributed by atoms with van der Waals surface area (Å²) >= 11 is 6.69. The monoisotopic (exact) mass is 462 g/mol. The molecule has 3 aliphatic rings. The van der Waals surface area contributed by atoms with Crippen LogP contribution in [0.5, 0.6) is 11.5 Å². The van der Waals surface area contributed by atoms with Crippen molar-refractivity contribution in [3.63, 3.8) is 0 Å². The van der Waals surface area contributed by atoms with E-state index in [9.17, 15) is 20.4 Å². The summed E-state index contributed by atoms with van der Waals surface area (Å²) in [5, 5.41) is 41.1. The van der Waals surface area contributed by atoms with Crippen LogP contribution in [0.1, 0.15) is 47.1 Å². The van der Waals surface area contributed by atoms with E-state index in [1.165, 1.54) is 18.4 Å². The summed E-state index contributed by atoms with van der Waals surface area (Å²) in [5.41, 5.74) is 3.66. The van der Waals surface area contributed by atoms with Crippen molar-refractivity contribution in [3.8, 4) is 11.5 Å². The van der Waals surface area contributed by atoms with Gasteiger partial charge in [-0.1, -0.05) is 35.9 Å². The zero-order valence-corrected chi connectivity index (χ0v) is 18.2. The van der Waals surface area contributed by atoms with Gasteiger partial charge in [0.15, 0.2) is 11.5 Å². The fourth-order valence-electron chi connectivity index (χ4n) is 4.50. The van der Waals surface area contributed by atoms with E-state index in [1.54, 1.807) is 6.07 Å². The molecule has 8 heteroatoms. The molecule has 2 aliphatic heterocycles. The van der Waals surface area contributed by atoms with Crippen LogP contribution in [0.15, 0.2) is 30.3 Å². The molecule has 1 saturated heterocycles. The van der Waals surface area contributed by atoms with Gasteiger partial charge in [0.1, 0.15) is 43.7 Å². The molecule has 0 aromatic heterocycles. The number of halogens is 1. The van der Waals surface area contributed by atoms with Crippen LogP contribution < -0.4 is 9.47 Å². The van der Waals surface area contributed by atoms with Crippen LogP contribution >= 0.6 is 11.6 Å². The van der Waals surface area contributed by atoms with Gasteiger partial charge in [0.2, 0.25) is 0 Å². The minimum Gasteiger partial charge on any atom is -0.486 e. The van der Waals surface area contributed by atoms with Crippen molar-refractivity contribution in [1.82, 2.24) is 0 Å². The second kappa shape index (κ2) is 8.82. The largest absolute Gasteiger partial charge is 0.486 e. The lowest BCUT2D eigenvalue weighted by Gasteiger charge is -2.41. The number of hydrogen-bond acceptors (Lipinski definition) is 7. The Morgan fingerprint density at radius 3 is 2.25 bits per heavy atom. The number of hydrogen-bond donors (Lipinski definition) is 4. The van der Waals surface area contributed by atoms with Crippen LogP contribution in [0.2, 0.25) is 5.02 Å². The van der Waals surface area contributed by atoms with Crippen molar-refractivity contribution < 1.29 is 34.6 Å². The molecule has 5 rings (SSSR count). The predicted octanol–water partition coefficient (Wildman–Crippen LogP) is 2.09. The molecule has 7 nitrogen and oxygen atoms in total. The summed E-state index contributed by atoms with van der Waals surface area (Å²) in [6, 6.07) is 10.3. The van der Waals surface area contributed by atoms with Gasteiger partial charge in [0.05, 0.1) is 11.6 Å². The van der Waals surface area contributed by atoms with Crippen molar-refractivity contribution in [2.45, 2.75) is 55.7 Å². The van der Waals surface area contributed by atoms with Crippen molar-refractivity contribution in [1.29, 1.82) is 0 Å². The summed E-state index contributed by atoms with van der Waals surface area (Å²) in [7, 11) is 0. The summed E-state index contributed by atoms with van der Waals surface area (Å²) in [5.74, 6) is 1.40. The molecule has 2 fully saturated rings. The average Bonchev–Trinajstić information content (AvgIpc) is 3.66. The van der Waals surface area contributed by atoms with Crippen LogP contribution in [-0.4, -0.2) is 64.7 Å². The van der Waals surface area contributed by atoms with Crippen LogP contribution in [0.3, 0.4) is 0 Å². The van der Waals surface area contributed by atoms with Gasteiger partial charge >= 0.3 is 0 Å². The molecule has 1 saturated carbocycles. The standard InChI is InChI=1S/C24H27ClO7/c25-18-15(9-12-1-3-13(4-2-12)14-5-6-14)10-16(23-24(18)31-8-7-30-23)22-21(29)20(28)19(27)17(11-26)32-22/h1-4,10,14,17,19-22,26-29H,5-9,11H2/t17-,19-,20+,21-,22+/m0/s1. The first-order valence-corrected chi connectivity index (χ1v) is 11.4. The fraction of sp³-hybridized carbons (Fsp3) is 0.500. The van der Waals surface area contributed by atoms with Crippen LogP contribution in [0.25, 0.3) is 0 Å². The summed E-state index contributed by atoms with van der Waals surface area (Å²) in [4.78, 5) is 0. The molecule has 2 heterocycles. The minimum absolute atomic E-state index is 0.301. The van der Waals surface area contributed by atoms with E-state index in [0.717, 1.165) is 11.1 Å². The van der Waals surface area contributed by atoms with Gasteiger partial charge < -0.3 is 34.6 Å². The first kappa shape index (κ1) is 21.9. The Hall–Kier alpha value is -1.87. The molecular weight excluding hydrogens is 436 g/mol. The zero-order valence-electron chi connectivity index (χ0n) is 17.5. The van der Waals surface area contributed by atoms with Crippen LogP contribution in [0, 0.1) is 0 Å². The number of aliphatic hydroxyl groups is 4. The van der Waals surface area contributed by atoms with Crippen molar-refractivity contribution in [2.75, 3.05) is 19.8 Å². The highest BCUT2D eigenvalue weighted by atomic mass is 35.5. The smallest absolute Gasteiger partial charge is 0.180 e. The van der Waals surface area contributed by atoms with Crippen LogP contribution in [0.4, 0.5) is 0 Å². The maximum atomic E-state index is 10.7. The third-order valence-corrected chi connectivity index (χ3v) is 6.89. The number of benzene rings is 2. The van der Waals surface area contributed by atoms with Crippen LogP contribution in [-0.2, 0) is 11.2 Å². The maximum Gasteiger partial charge on any atom is 0.180 e. The molecule has 5 atom stereocenters. The number of aliphatic hydroxyl groups excluding tert-OH is 4. The molecular formula is C24H27ClO7. The highest BCUT2D eigenvalue weighted by Crippen LogP contribution is 2.48. The van der Waals surface area contributed by atoms with E-state index in [-0.39, 0.29) is 0 Å². The molecule has 32 heavy (non-hydrogen) atoms. The summed E-state index contributed by atoms with van der Waals surface area (Å²) in [6.07, 6.45) is -3.37. The molecule has 4 N–H and O–H groups in total. The lowest BCUT2D eigenvalue weighted by molar-refractivity contribution is -0.232. The molecule has 0 bridgehead atoms. The average molecular weight is 463 g/mol. The molecule has 0 spiro atoms. The highest BCUT2D eigenvalue weighted by Gasteiger charge is 2.45. The zero-order chi connectivity index (χ0) is 22.4. The van der Waals surface area contributed by atoms with Gasteiger partial charge in [-0.3, -0.25) is 0 Å². The summed E-state index contributed by atoms with van der Waals surface area (Å²) < 4.78 is 17.4. The first-order valence-electron chi connectivity index (χ1n) is 11.0. The molecule has 0 amide bonds. The lowest BCUT2D eigenvalue weighted by atomic mass is 9.89. The van der Waals surface area contributed by atoms with Gasteiger partial charge in [-0.05, 0) is 47.9 Å². The van der Waals surface area contributed by atoms with E-state index >= 15 is 0 Å². The van der Waals surface area contributed by atoms with E-state index in [4.69, 9.17) is 25.8 Å². The molecule has 2 aromatic rings. The van der Waals surface area contributed by atoms with Gasteiger partial charge in [0.25, 0.3) is 0 Å².